The van der Waals surface area contributed by atoms with Crippen molar-refractivity contribution in [1.82, 2.24) is 9.88 Å². The molecule has 1 amide bonds. The Morgan fingerprint density at radius 2 is 2.30 bits per heavy atom. The number of likely N-dealkylation sites (tertiary alicyclic amines) is 1. The highest BCUT2D eigenvalue weighted by molar-refractivity contribution is 7.09. The molecule has 2 aromatic rings. The van der Waals surface area contributed by atoms with Crippen LogP contribution >= 0.6 is 11.3 Å². The van der Waals surface area contributed by atoms with E-state index < -0.39 is 0 Å². The van der Waals surface area contributed by atoms with Crippen LogP contribution in [-0.4, -0.2) is 35.7 Å². The van der Waals surface area contributed by atoms with Gasteiger partial charge in [-0.2, -0.15) is 0 Å². The Balaban J connectivity index is 1.56. The topological polar surface area (TPSA) is 51.7 Å². The summed E-state index contributed by atoms with van der Waals surface area (Å²) in [5, 5.41) is 3.21. The first kappa shape index (κ1) is 14.5. The summed E-state index contributed by atoms with van der Waals surface area (Å²) in [4.78, 5) is 19.4. The molecule has 5 nitrogen and oxygen atoms in total. The number of hydrogen-bond acceptors (Lipinski definition) is 5. The molecule has 1 aromatic heterocycles. The lowest BCUT2D eigenvalue weighted by atomic mass is 9.98. The van der Waals surface area contributed by atoms with Gasteiger partial charge >= 0.3 is 0 Å². The van der Waals surface area contributed by atoms with Crippen LogP contribution in [0.15, 0.2) is 23.6 Å². The zero-order chi connectivity index (χ0) is 15.8. The molecule has 1 fully saturated rings. The van der Waals surface area contributed by atoms with Gasteiger partial charge in [-0.05, 0) is 31.9 Å². The highest BCUT2D eigenvalue weighted by Crippen LogP contribution is 2.37. The molecular weight excluding hydrogens is 312 g/mol. The molecule has 0 radical (unpaired) electrons. The Kier molecular flexibility index (Phi) is 3.69. The monoisotopic (exact) mass is 330 g/mol. The molecule has 0 bridgehead atoms. The number of hydrogen-bond donors (Lipinski definition) is 0. The standard InChI is InChI=1S/C17H18N2O3S/c1-11-9-23-16(18-11)12-4-3-7-19(8-12)17(20)13-5-2-6-14-15(13)22-10-21-14/h2,5-6,9,12H,3-4,7-8,10H2,1H3/t12-/m0/s1. The minimum Gasteiger partial charge on any atom is -0.454 e. The number of fused-ring (bicyclic) bond motifs is 1. The lowest BCUT2D eigenvalue weighted by molar-refractivity contribution is 0.0702. The molecule has 0 spiro atoms. The van der Waals surface area contributed by atoms with Crippen molar-refractivity contribution in [2.24, 2.45) is 0 Å². The van der Waals surface area contributed by atoms with Crippen molar-refractivity contribution in [3.05, 3.63) is 39.8 Å². The van der Waals surface area contributed by atoms with E-state index in [1.807, 2.05) is 30.0 Å². The average molecular weight is 330 g/mol. The number of aryl methyl sites for hydroxylation is 1. The van der Waals surface area contributed by atoms with Gasteiger partial charge in [0.1, 0.15) is 0 Å². The number of piperidine rings is 1. The second kappa shape index (κ2) is 5.85. The van der Waals surface area contributed by atoms with E-state index in [4.69, 9.17) is 9.47 Å². The molecule has 2 aliphatic heterocycles. The van der Waals surface area contributed by atoms with Crippen LogP contribution in [0.5, 0.6) is 11.5 Å². The maximum absolute atomic E-state index is 12.9. The minimum atomic E-state index is 0.0188. The predicted molar refractivity (Wildman–Crippen MR) is 87.3 cm³/mol. The molecule has 0 saturated carbocycles. The van der Waals surface area contributed by atoms with E-state index in [-0.39, 0.29) is 12.7 Å². The van der Waals surface area contributed by atoms with Crippen LogP contribution in [-0.2, 0) is 0 Å². The van der Waals surface area contributed by atoms with Crippen LogP contribution in [0.4, 0.5) is 0 Å². The van der Waals surface area contributed by atoms with Crippen molar-refractivity contribution in [2.75, 3.05) is 19.9 Å². The van der Waals surface area contributed by atoms with Crippen LogP contribution in [0.25, 0.3) is 0 Å². The van der Waals surface area contributed by atoms with E-state index in [0.717, 1.165) is 36.6 Å². The van der Waals surface area contributed by atoms with Gasteiger partial charge in [0.2, 0.25) is 6.79 Å². The predicted octanol–water partition coefficient (Wildman–Crippen LogP) is 3.20. The van der Waals surface area contributed by atoms with Gasteiger partial charge in [0.25, 0.3) is 5.91 Å². The summed E-state index contributed by atoms with van der Waals surface area (Å²) in [6.45, 7) is 3.69. The highest BCUT2D eigenvalue weighted by Gasteiger charge is 2.30. The smallest absolute Gasteiger partial charge is 0.257 e. The number of benzene rings is 1. The van der Waals surface area contributed by atoms with Gasteiger partial charge in [0, 0.05) is 30.1 Å². The molecule has 6 heteroatoms. The van der Waals surface area contributed by atoms with Crippen molar-refractivity contribution in [1.29, 1.82) is 0 Å². The zero-order valence-corrected chi connectivity index (χ0v) is 13.8. The van der Waals surface area contributed by atoms with E-state index in [9.17, 15) is 4.79 Å². The molecule has 3 heterocycles. The summed E-state index contributed by atoms with van der Waals surface area (Å²) in [7, 11) is 0. The van der Waals surface area contributed by atoms with Crippen LogP contribution < -0.4 is 9.47 Å². The van der Waals surface area contributed by atoms with E-state index in [2.05, 4.69) is 10.4 Å². The van der Waals surface area contributed by atoms with Gasteiger partial charge in [-0.25, -0.2) is 4.98 Å². The van der Waals surface area contributed by atoms with Crippen molar-refractivity contribution in [3.8, 4) is 11.5 Å². The van der Waals surface area contributed by atoms with Gasteiger partial charge in [-0.15, -0.1) is 11.3 Å². The van der Waals surface area contributed by atoms with Crippen LogP contribution in [0.1, 0.15) is 39.8 Å². The lowest BCUT2D eigenvalue weighted by Crippen LogP contribution is -2.39. The summed E-state index contributed by atoms with van der Waals surface area (Å²) in [6, 6.07) is 5.48. The summed E-state index contributed by atoms with van der Waals surface area (Å²) in [5.74, 6) is 1.58. The number of rotatable bonds is 2. The lowest BCUT2D eigenvalue weighted by Gasteiger charge is -2.32. The number of ether oxygens (including phenoxy) is 2. The summed E-state index contributed by atoms with van der Waals surface area (Å²) in [6.07, 6.45) is 2.09. The van der Waals surface area contributed by atoms with Crippen LogP contribution in [0, 0.1) is 6.92 Å². The quantitative estimate of drug-likeness (QED) is 0.848. The first-order valence-electron chi connectivity index (χ1n) is 7.82. The Morgan fingerprint density at radius 3 is 3.13 bits per heavy atom. The van der Waals surface area contributed by atoms with Gasteiger partial charge in [-0.3, -0.25) is 4.79 Å². The first-order chi connectivity index (χ1) is 11.2. The van der Waals surface area contributed by atoms with Gasteiger partial charge in [0.05, 0.1) is 10.6 Å². The van der Waals surface area contributed by atoms with Gasteiger partial charge in [0.15, 0.2) is 11.5 Å². The zero-order valence-electron chi connectivity index (χ0n) is 12.9. The van der Waals surface area contributed by atoms with Crippen molar-refractivity contribution in [2.45, 2.75) is 25.7 Å². The molecule has 4 rings (SSSR count). The highest BCUT2D eigenvalue weighted by atomic mass is 32.1. The van der Waals surface area contributed by atoms with Crippen molar-refractivity contribution in [3.63, 3.8) is 0 Å². The normalized spacial score (nSPS) is 19.9. The fourth-order valence-corrected chi connectivity index (χ4v) is 4.12. The Hall–Kier alpha value is -2.08. The number of amides is 1. The molecular formula is C17H18N2O3S. The fourth-order valence-electron chi connectivity index (χ4n) is 3.19. The SMILES string of the molecule is Cc1csc([C@H]2CCCN(C(=O)c3cccc4c3OCO4)C2)n1. The molecule has 0 unspecified atom stereocenters. The van der Waals surface area contributed by atoms with Crippen molar-refractivity contribution >= 4 is 17.2 Å². The maximum atomic E-state index is 12.9. The average Bonchev–Trinajstić information content (AvgIpc) is 3.22. The number of nitrogens with zero attached hydrogens (tertiary/aromatic N) is 2. The molecule has 1 aromatic carbocycles. The Morgan fingerprint density at radius 1 is 1.39 bits per heavy atom. The largest absolute Gasteiger partial charge is 0.454 e. The van der Waals surface area contributed by atoms with Gasteiger partial charge < -0.3 is 14.4 Å². The number of para-hydroxylation sites is 1. The van der Waals surface area contributed by atoms with E-state index >= 15 is 0 Å². The third-order valence-electron chi connectivity index (χ3n) is 4.32. The molecule has 2 aliphatic rings. The Bertz CT molecular complexity index is 743. The van der Waals surface area contributed by atoms with E-state index in [0.29, 0.717) is 23.0 Å². The number of carbonyl (C=O) groups excluding carboxylic acids is 1. The third kappa shape index (κ3) is 2.67. The number of carbonyl (C=O) groups is 1. The molecule has 0 aliphatic carbocycles. The maximum Gasteiger partial charge on any atom is 0.257 e. The number of aromatic nitrogens is 1. The third-order valence-corrected chi connectivity index (χ3v) is 5.45. The Labute approximate surface area is 138 Å². The fraction of sp³-hybridized carbons (Fsp3) is 0.412. The summed E-state index contributed by atoms with van der Waals surface area (Å²) in [5.41, 5.74) is 1.65. The van der Waals surface area contributed by atoms with Crippen LogP contribution in [0.2, 0.25) is 0 Å². The summed E-state index contributed by atoms with van der Waals surface area (Å²) >= 11 is 1.69. The molecule has 23 heavy (non-hydrogen) atoms. The minimum absolute atomic E-state index is 0.0188. The second-order valence-electron chi connectivity index (χ2n) is 5.96. The van der Waals surface area contributed by atoms with Gasteiger partial charge in [-0.1, -0.05) is 6.07 Å². The summed E-state index contributed by atoms with van der Waals surface area (Å²) < 4.78 is 10.8. The van der Waals surface area contributed by atoms with Crippen molar-refractivity contribution < 1.29 is 14.3 Å². The number of thiazole rings is 1. The molecule has 0 N–H and O–H groups in total. The molecule has 1 atom stereocenters. The molecule has 1 saturated heterocycles. The van der Waals surface area contributed by atoms with Crippen LogP contribution in [0.3, 0.4) is 0 Å². The first-order valence-corrected chi connectivity index (χ1v) is 8.70. The van der Waals surface area contributed by atoms with E-state index in [1.54, 1.807) is 11.3 Å². The van der Waals surface area contributed by atoms with E-state index in [1.165, 1.54) is 0 Å². The second-order valence-corrected chi connectivity index (χ2v) is 6.85. The molecule has 120 valence electrons.